The number of rotatable bonds is 1. The molecule has 0 aromatic rings. The van der Waals surface area contributed by atoms with E-state index in [9.17, 15) is 4.79 Å². The molecule has 0 radical (unpaired) electrons. The highest BCUT2D eigenvalue weighted by molar-refractivity contribution is 5.83. The highest BCUT2D eigenvalue weighted by Crippen LogP contribution is 2.19. The number of carbonyl (C=O) groups excluding carboxylic acids is 1. The molecule has 1 heterocycles. The predicted octanol–water partition coefficient (Wildman–Crippen LogP) is 2.17. The molecule has 2 nitrogen and oxygen atoms in total. The molecule has 0 fully saturated rings. The van der Waals surface area contributed by atoms with Gasteiger partial charge in [0.15, 0.2) is 5.78 Å². The van der Waals surface area contributed by atoms with Gasteiger partial charge >= 0.3 is 0 Å². The average Bonchev–Trinajstić information content (AvgIpc) is 2.18. The normalized spacial score (nSPS) is 21.4. The minimum Gasteiger partial charge on any atom is -0.341 e. The molecular formula is C12H13NO. The maximum Gasteiger partial charge on any atom is 0.156 e. The molecule has 2 heteroatoms. The van der Waals surface area contributed by atoms with E-state index in [4.69, 9.17) is 0 Å². The van der Waals surface area contributed by atoms with E-state index < -0.39 is 0 Å². The van der Waals surface area contributed by atoms with E-state index in [1.165, 1.54) is 0 Å². The van der Waals surface area contributed by atoms with Gasteiger partial charge < -0.3 is 4.90 Å². The second-order valence-corrected chi connectivity index (χ2v) is 3.59. The number of ketones is 1. The molecule has 0 N–H and O–H groups in total. The zero-order valence-electron chi connectivity index (χ0n) is 8.07. The Balaban J connectivity index is 2.18. The van der Waals surface area contributed by atoms with E-state index in [1.54, 1.807) is 0 Å². The SMILES string of the molecule is C=C1C=C(N2C=CCC(=O)C2)C=CC1. The van der Waals surface area contributed by atoms with Gasteiger partial charge in [0.25, 0.3) is 0 Å². The second-order valence-electron chi connectivity index (χ2n) is 3.59. The van der Waals surface area contributed by atoms with E-state index >= 15 is 0 Å². The lowest BCUT2D eigenvalue weighted by atomic mass is 10.1. The maximum absolute atomic E-state index is 11.2. The van der Waals surface area contributed by atoms with Gasteiger partial charge in [0.05, 0.1) is 6.54 Å². The van der Waals surface area contributed by atoms with Crippen molar-refractivity contribution in [3.8, 4) is 0 Å². The molecule has 0 saturated carbocycles. The third kappa shape index (κ3) is 1.84. The lowest BCUT2D eigenvalue weighted by Gasteiger charge is -2.25. The summed E-state index contributed by atoms with van der Waals surface area (Å²) in [6, 6.07) is 0. The minimum absolute atomic E-state index is 0.262. The Labute approximate surface area is 83.9 Å². The van der Waals surface area contributed by atoms with Gasteiger partial charge in [-0.1, -0.05) is 18.7 Å². The average molecular weight is 187 g/mol. The smallest absolute Gasteiger partial charge is 0.156 e. The van der Waals surface area contributed by atoms with Crippen molar-refractivity contribution in [3.63, 3.8) is 0 Å². The molecule has 0 atom stereocenters. The van der Waals surface area contributed by atoms with Crippen LogP contribution in [-0.4, -0.2) is 17.2 Å². The zero-order valence-corrected chi connectivity index (χ0v) is 8.07. The Morgan fingerprint density at radius 1 is 1.29 bits per heavy atom. The fourth-order valence-corrected chi connectivity index (χ4v) is 1.62. The van der Waals surface area contributed by atoms with Gasteiger partial charge in [-0.2, -0.15) is 0 Å². The van der Waals surface area contributed by atoms with Crippen molar-refractivity contribution in [1.82, 2.24) is 4.90 Å². The molecule has 1 aliphatic carbocycles. The van der Waals surface area contributed by atoms with Crippen molar-refractivity contribution in [3.05, 3.63) is 48.4 Å². The van der Waals surface area contributed by atoms with Gasteiger partial charge in [0.1, 0.15) is 0 Å². The van der Waals surface area contributed by atoms with Crippen LogP contribution in [0.15, 0.2) is 48.4 Å². The fraction of sp³-hybridized carbons (Fsp3) is 0.250. The third-order valence-corrected chi connectivity index (χ3v) is 2.33. The maximum atomic E-state index is 11.2. The van der Waals surface area contributed by atoms with E-state index in [0.717, 1.165) is 17.7 Å². The lowest BCUT2D eigenvalue weighted by Crippen LogP contribution is -2.27. The van der Waals surface area contributed by atoms with Gasteiger partial charge in [-0.3, -0.25) is 4.79 Å². The van der Waals surface area contributed by atoms with Crippen molar-refractivity contribution < 1.29 is 4.79 Å². The summed E-state index contributed by atoms with van der Waals surface area (Å²) in [7, 11) is 0. The summed E-state index contributed by atoms with van der Waals surface area (Å²) in [6.45, 7) is 4.40. The summed E-state index contributed by atoms with van der Waals surface area (Å²) in [5.41, 5.74) is 2.15. The summed E-state index contributed by atoms with van der Waals surface area (Å²) < 4.78 is 0. The third-order valence-electron chi connectivity index (χ3n) is 2.33. The molecule has 0 aromatic heterocycles. The van der Waals surface area contributed by atoms with E-state index in [-0.39, 0.29) is 5.78 Å². The van der Waals surface area contributed by atoms with Gasteiger partial charge in [-0.15, -0.1) is 0 Å². The quantitative estimate of drug-likeness (QED) is 0.627. The summed E-state index contributed by atoms with van der Waals surface area (Å²) in [5.74, 6) is 0.262. The summed E-state index contributed by atoms with van der Waals surface area (Å²) >= 11 is 0. The first kappa shape index (κ1) is 9.00. The van der Waals surface area contributed by atoms with Crippen LogP contribution in [-0.2, 0) is 4.79 Å². The molecule has 0 saturated heterocycles. The Kier molecular flexibility index (Phi) is 2.35. The second kappa shape index (κ2) is 3.66. The van der Waals surface area contributed by atoms with Gasteiger partial charge in [0, 0.05) is 18.3 Å². The monoisotopic (exact) mass is 187 g/mol. The van der Waals surface area contributed by atoms with Crippen LogP contribution >= 0.6 is 0 Å². The standard InChI is InChI=1S/C12H13NO/c1-10-4-2-5-11(8-10)13-7-3-6-12(14)9-13/h2-3,5,7-8H,1,4,6,9H2. The molecule has 0 aromatic carbocycles. The van der Waals surface area contributed by atoms with Crippen LogP contribution in [0.4, 0.5) is 0 Å². The number of Topliss-reactive ketones (excluding diaryl/α,β-unsaturated/α-hetero) is 1. The highest BCUT2D eigenvalue weighted by atomic mass is 16.1. The first-order valence-corrected chi connectivity index (χ1v) is 4.77. The molecular weight excluding hydrogens is 174 g/mol. The number of nitrogens with zero attached hydrogens (tertiary/aromatic N) is 1. The molecule has 0 unspecified atom stereocenters. The van der Waals surface area contributed by atoms with Crippen LogP contribution < -0.4 is 0 Å². The number of hydrogen-bond acceptors (Lipinski definition) is 2. The van der Waals surface area contributed by atoms with E-state index in [2.05, 4.69) is 12.7 Å². The van der Waals surface area contributed by atoms with Crippen LogP contribution in [0.3, 0.4) is 0 Å². The van der Waals surface area contributed by atoms with Crippen molar-refractivity contribution >= 4 is 5.78 Å². The fourth-order valence-electron chi connectivity index (χ4n) is 1.62. The van der Waals surface area contributed by atoms with Crippen LogP contribution in [0.25, 0.3) is 0 Å². The number of hydrogen-bond donors (Lipinski definition) is 0. The van der Waals surface area contributed by atoms with Gasteiger partial charge in [-0.05, 0) is 24.1 Å². The van der Waals surface area contributed by atoms with E-state index in [0.29, 0.717) is 13.0 Å². The topological polar surface area (TPSA) is 20.3 Å². The summed E-state index contributed by atoms with van der Waals surface area (Å²) in [5, 5.41) is 0. The van der Waals surface area contributed by atoms with Crippen LogP contribution in [0, 0.1) is 0 Å². The molecule has 0 bridgehead atoms. The minimum atomic E-state index is 0.262. The number of allylic oxidation sites excluding steroid dienone is 5. The van der Waals surface area contributed by atoms with Crippen molar-refractivity contribution in [2.45, 2.75) is 12.8 Å². The first-order chi connectivity index (χ1) is 6.75. The largest absolute Gasteiger partial charge is 0.341 e. The molecule has 2 aliphatic rings. The van der Waals surface area contributed by atoms with Crippen LogP contribution in [0.1, 0.15) is 12.8 Å². The Bertz CT molecular complexity index is 361. The van der Waals surface area contributed by atoms with Crippen LogP contribution in [0.2, 0.25) is 0 Å². The van der Waals surface area contributed by atoms with Crippen LogP contribution in [0.5, 0.6) is 0 Å². The molecule has 0 amide bonds. The van der Waals surface area contributed by atoms with Crippen molar-refractivity contribution in [2.24, 2.45) is 0 Å². The van der Waals surface area contributed by atoms with Crippen molar-refractivity contribution in [2.75, 3.05) is 6.54 Å². The first-order valence-electron chi connectivity index (χ1n) is 4.77. The van der Waals surface area contributed by atoms with Gasteiger partial charge in [-0.25, -0.2) is 0 Å². The Morgan fingerprint density at radius 3 is 2.86 bits per heavy atom. The van der Waals surface area contributed by atoms with Crippen molar-refractivity contribution in [1.29, 1.82) is 0 Å². The predicted molar refractivity (Wildman–Crippen MR) is 56.5 cm³/mol. The number of carbonyl (C=O) groups is 1. The molecule has 72 valence electrons. The molecule has 0 spiro atoms. The Hall–Kier alpha value is -1.57. The highest BCUT2D eigenvalue weighted by Gasteiger charge is 2.14. The summed E-state index contributed by atoms with van der Waals surface area (Å²) in [6.07, 6.45) is 11.5. The molecule has 1 aliphatic heterocycles. The lowest BCUT2D eigenvalue weighted by molar-refractivity contribution is -0.118. The molecule has 14 heavy (non-hydrogen) atoms. The summed E-state index contributed by atoms with van der Waals surface area (Å²) in [4.78, 5) is 13.2. The molecule has 2 rings (SSSR count). The zero-order chi connectivity index (χ0) is 9.97. The Morgan fingerprint density at radius 2 is 2.14 bits per heavy atom. The van der Waals surface area contributed by atoms with E-state index in [1.807, 2.05) is 29.3 Å². The van der Waals surface area contributed by atoms with Gasteiger partial charge in [0.2, 0.25) is 0 Å².